The lowest BCUT2D eigenvalue weighted by atomic mass is 9.90. The summed E-state index contributed by atoms with van der Waals surface area (Å²) in [5.41, 5.74) is -0.202. The molecule has 20 heavy (non-hydrogen) atoms. The van der Waals surface area contributed by atoms with Crippen molar-refractivity contribution >= 4 is 32.3 Å². The number of nitrogens with zero attached hydrogens (tertiary/aromatic N) is 1. The largest absolute Gasteiger partial charge is 0.465 e. The van der Waals surface area contributed by atoms with E-state index in [9.17, 15) is 13.2 Å². The van der Waals surface area contributed by atoms with Gasteiger partial charge in [-0.25, -0.2) is 13.4 Å². The molecule has 0 radical (unpaired) electrons. The fourth-order valence-electron chi connectivity index (χ4n) is 1.40. The number of carbonyl (C=O) groups is 1. The molecule has 0 spiro atoms. The van der Waals surface area contributed by atoms with E-state index in [1.165, 1.54) is 17.6 Å². The van der Waals surface area contributed by atoms with Gasteiger partial charge in [-0.15, -0.1) is 11.3 Å². The lowest BCUT2D eigenvalue weighted by Gasteiger charge is -2.19. The van der Waals surface area contributed by atoms with Crippen LogP contribution >= 0.6 is 11.3 Å². The molecule has 1 aromatic heterocycles. The number of hydrogen-bond donors (Lipinski definition) is 1. The lowest BCUT2D eigenvalue weighted by Crippen LogP contribution is -2.31. The van der Waals surface area contributed by atoms with Gasteiger partial charge in [0.1, 0.15) is 15.3 Å². The summed E-state index contributed by atoms with van der Waals surface area (Å²) in [4.78, 5) is 16.2. The van der Waals surface area contributed by atoms with E-state index in [1.54, 1.807) is 26.2 Å². The molecule has 1 rings (SSSR count). The minimum Gasteiger partial charge on any atom is -0.465 e. The van der Waals surface area contributed by atoms with E-state index in [0.29, 0.717) is 24.0 Å². The van der Waals surface area contributed by atoms with Crippen molar-refractivity contribution in [3.8, 4) is 0 Å². The number of hydrogen-bond acceptors (Lipinski definition) is 7. The molecule has 0 amide bonds. The zero-order chi connectivity index (χ0) is 15.4. The molecule has 0 saturated carbocycles. The Morgan fingerprint density at radius 2 is 2.15 bits per heavy atom. The van der Waals surface area contributed by atoms with Crippen molar-refractivity contribution < 1.29 is 17.9 Å². The van der Waals surface area contributed by atoms with Gasteiger partial charge >= 0.3 is 5.97 Å². The number of rotatable bonds is 7. The van der Waals surface area contributed by atoms with E-state index in [-0.39, 0.29) is 11.7 Å². The summed E-state index contributed by atoms with van der Waals surface area (Å²) in [5.74, 6) is -0.281. The second-order valence-electron chi connectivity index (χ2n) is 4.94. The third kappa shape index (κ3) is 4.75. The van der Waals surface area contributed by atoms with Crippen LogP contribution in [0.15, 0.2) is 5.38 Å². The molecule has 6 nitrogen and oxygen atoms in total. The van der Waals surface area contributed by atoms with Crippen molar-refractivity contribution in [2.45, 2.75) is 26.2 Å². The second-order valence-corrected chi connectivity index (χ2v) is 8.06. The van der Waals surface area contributed by atoms with E-state index in [1.807, 2.05) is 0 Å². The molecule has 0 unspecified atom stereocenters. The predicted octanol–water partition coefficient (Wildman–Crippen LogP) is 1.44. The third-order valence-corrected chi connectivity index (χ3v) is 4.43. The number of thiazole rings is 1. The van der Waals surface area contributed by atoms with Crippen molar-refractivity contribution in [1.29, 1.82) is 0 Å². The summed E-state index contributed by atoms with van der Waals surface area (Å²) in [6.07, 6.45) is 1.19. The second kappa shape index (κ2) is 6.53. The SMILES string of the molecule is CCOC(=O)C(C)(C)c1csc(NCCS(C)(=O)=O)n1. The first kappa shape index (κ1) is 16.9. The quantitative estimate of drug-likeness (QED) is 0.765. The molecule has 114 valence electrons. The number of ether oxygens (including phenoxy) is 1. The van der Waals surface area contributed by atoms with Gasteiger partial charge in [0.25, 0.3) is 0 Å². The monoisotopic (exact) mass is 320 g/mol. The third-order valence-electron chi connectivity index (χ3n) is 2.68. The first-order valence-electron chi connectivity index (χ1n) is 6.21. The molecule has 1 aromatic rings. The van der Waals surface area contributed by atoms with Crippen LogP contribution in [-0.4, -0.2) is 44.5 Å². The highest BCUT2D eigenvalue weighted by molar-refractivity contribution is 7.90. The average molecular weight is 320 g/mol. The Morgan fingerprint density at radius 1 is 1.50 bits per heavy atom. The van der Waals surface area contributed by atoms with E-state index >= 15 is 0 Å². The number of nitrogens with one attached hydrogen (secondary N) is 1. The van der Waals surface area contributed by atoms with Gasteiger partial charge in [0.2, 0.25) is 0 Å². The summed E-state index contributed by atoms with van der Waals surface area (Å²) < 4.78 is 27.1. The molecular weight excluding hydrogens is 300 g/mol. The highest BCUT2D eigenvalue weighted by atomic mass is 32.2. The van der Waals surface area contributed by atoms with E-state index in [4.69, 9.17) is 4.74 Å². The van der Waals surface area contributed by atoms with Gasteiger partial charge in [0.05, 0.1) is 18.1 Å². The molecule has 0 aliphatic rings. The van der Waals surface area contributed by atoms with Crippen LogP contribution in [0, 0.1) is 0 Å². The number of aromatic nitrogens is 1. The summed E-state index contributed by atoms with van der Waals surface area (Å²) in [5, 5.41) is 5.32. The van der Waals surface area contributed by atoms with Gasteiger partial charge in [-0.1, -0.05) is 0 Å². The molecule has 0 bridgehead atoms. The zero-order valence-electron chi connectivity index (χ0n) is 12.1. The van der Waals surface area contributed by atoms with Crippen LogP contribution in [0.25, 0.3) is 0 Å². The van der Waals surface area contributed by atoms with Crippen molar-refractivity contribution in [2.75, 3.05) is 30.5 Å². The summed E-state index contributed by atoms with van der Waals surface area (Å²) in [6.45, 7) is 5.88. The van der Waals surface area contributed by atoms with Gasteiger partial charge in [-0.2, -0.15) is 0 Å². The van der Waals surface area contributed by atoms with Gasteiger partial charge in [-0.3, -0.25) is 4.79 Å². The van der Waals surface area contributed by atoms with Crippen LogP contribution in [-0.2, 0) is 24.8 Å². The molecular formula is C12H20N2O4S2. The molecule has 1 heterocycles. The van der Waals surface area contributed by atoms with Crippen molar-refractivity contribution in [1.82, 2.24) is 4.98 Å². The maximum Gasteiger partial charge on any atom is 0.317 e. The summed E-state index contributed by atoms with van der Waals surface area (Å²) in [6, 6.07) is 0. The Bertz CT molecular complexity index is 564. The lowest BCUT2D eigenvalue weighted by molar-refractivity contribution is -0.148. The topological polar surface area (TPSA) is 85.4 Å². The van der Waals surface area contributed by atoms with Crippen molar-refractivity contribution in [2.24, 2.45) is 0 Å². The number of sulfone groups is 1. The van der Waals surface area contributed by atoms with E-state index < -0.39 is 15.3 Å². The van der Waals surface area contributed by atoms with Crippen LogP contribution in [0.5, 0.6) is 0 Å². The summed E-state index contributed by atoms with van der Waals surface area (Å²) >= 11 is 1.34. The standard InChI is InChI=1S/C12H20N2O4S2/c1-5-18-10(15)12(2,3)9-8-19-11(14-9)13-6-7-20(4,16)17/h8H,5-7H2,1-4H3,(H,13,14). The highest BCUT2D eigenvalue weighted by Crippen LogP contribution is 2.28. The molecule has 0 aliphatic carbocycles. The fraction of sp³-hybridized carbons (Fsp3) is 0.667. The first-order chi connectivity index (χ1) is 9.16. The van der Waals surface area contributed by atoms with E-state index in [2.05, 4.69) is 10.3 Å². The van der Waals surface area contributed by atoms with Crippen molar-refractivity contribution in [3.05, 3.63) is 11.1 Å². The molecule has 0 saturated heterocycles. The minimum atomic E-state index is -3.00. The van der Waals surface area contributed by atoms with Gasteiger partial charge in [0.15, 0.2) is 5.13 Å². The van der Waals surface area contributed by atoms with Crippen LogP contribution < -0.4 is 5.32 Å². The van der Waals surface area contributed by atoms with Gasteiger partial charge in [-0.05, 0) is 20.8 Å². The van der Waals surface area contributed by atoms with E-state index in [0.717, 1.165) is 0 Å². The molecule has 1 N–H and O–H groups in total. The maximum absolute atomic E-state index is 11.9. The van der Waals surface area contributed by atoms with Crippen molar-refractivity contribution in [3.63, 3.8) is 0 Å². The Balaban J connectivity index is 2.69. The van der Waals surface area contributed by atoms with Gasteiger partial charge < -0.3 is 10.1 Å². The molecule has 0 aliphatic heterocycles. The molecule has 8 heteroatoms. The Labute approximate surface area is 123 Å². The average Bonchev–Trinajstić information content (AvgIpc) is 2.77. The molecule has 0 atom stereocenters. The smallest absolute Gasteiger partial charge is 0.317 e. The number of carbonyl (C=O) groups excluding carboxylic acids is 1. The Morgan fingerprint density at radius 3 is 2.70 bits per heavy atom. The Hall–Kier alpha value is -1.15. The normalized spacial score (nSPS) is 12.2. The van der Waals surface area contributed by atoms with Crippen LogP contribution in [0.2, 0.25) is 0 Å². The van der Waals surface area contributed by atoms with Gasteiger partial charge in [0, 0.05) is 18.2 Å². The van der Waals surface area contributed by atoms with Crippen LogP contribution in [0.4, 0.5) is 5.13 Å². The molecule has 0 fully saturated rings. The fourth-order valence-corrected chi connectivity index (χ4v) is 2.78. The minimum absolute atomic E-state index is 0.0448. The molecule has 0 aromatic carbocycles. The number of esters is 1. The maximum atomic E-state index is 11.9. The first-order valence-corrected chi connectivity index (χ1v) is 9.15. The van der Waals surface area contributed by atoms with Crippen LogP contribution in [0.3, 0.4) is 0 Å². The number of anilines is 1. The zero-order valence-corrected chi connectivity index (χ0v) is 13.7. The Kier molecular flexibility index (Phi) is 5.52. The van der Waals surface area contributed by atoms with Crippen LogP contribution in [0.1, 0.15) is 26.5 Å². The summed E-state index contributed by atoms with van der Waals surface area (Å²) in [7, 11) is -3.00. The highest BCUT2D eigenvalue weighted by Gasteiger charge is 2.33. The predicted molar refractivity (Wildman–Crippen MR) is 80.0 cm³/mol.